The smallest absolute Gasteiger partial charge is 0.438 e. The summed E-state index contributed by atoms with van der Waals surface area (Å²) in [4.78, 5) is 12.6. The van der Waals surface area contributed by atoms with Crippen LogP contribution in [0.3, 0.4) is 0 Å². The summed E-state index contributed by atoms with van der Waals surface area (Å²) in [5, 5.41) is 0. The van der Waals surface area contributed by atoms with Crippen LogP contribution in [-0.2, 0) is 19.6 Å². The lowest BCUT2D eigenvalue weighted by atomic mass is 9.60. The normalized spacial score (nSPS) is 35.9. The van der Waals surface area contributed by atoms with Crippen molar-refractivity contribution < 1.29 is 48.8 Å². The van der Waals surface area contributed by atoms with Crippen LogP contribution in [0, 0.1) is 29.1 Å². The minimum atomic E-state index is -6.29. The van der Waals surface area contributed by atoms with Gasteiger partial charge in [-0.3, -0.25) is 9.35 Å². The largest absolute Gasteiger partial charge is 0.438 e. The average molecular weight is 438 g/mol. The van der Waals surface area contributed by atoms with Crippen LogP contribution in [0.5, 0.6) is 0 Å². The molecule has 0 aliphatic heterocycles. The third kappa shape index (κ3) is 3.50. The Bertz CT molecular complexity index is 740. The first kappa shape index (κ1) is 21.7. The van der Waals surface area contributed by atoms with Gasteiger partial charge in [0, 0.05) is 0 Å². The fourth-order valence-electron chi connectivity index (χ4n) is 5.37. The molecule has 0 saturated heterocycles. The predicted molar refractivity (Wildman–Crippen MR) is 82.5 cm³/mol. The molecule has 0 spiro atoms. The second kappa shape index (κ2) is 6.23. The molecule has 0 aromatic rings. The van der Waals surface area contributed by atoms with Crippen molar-refractivity contribution in [3.05, 3.63) is 0 Å². The monoisotopic (exact) mass is 438 g/mol. The first-order chi connectivity index (χ1) is 12.5. The number of esters is 1. The number of ether oxygens (including phenoxy) is 1. The summed E-state index contributed by atoms with van der Waals surface area (Å²) >= 11 is 0. The highest BCUT2D eigenvalue weighted by Crippen LogP contribution is 2.62. The molecule has 12 heteroatoms. The van der Waals surface area contributed by atoms with Crippen molar-refractivity contribution in [3.63, 3.8) is 0 Å². The lowest BCUT2D eigenvalue weighted by molar-refractivity contribution is -0.363. The summed E-state index contributed by atoms with van der Waals surface area (Å²) in [5.41, 5.74) is -6.92. The molecule has 3 rings (SSSR count). The van der Waals surface area contributed by atoms with Gasteiger partial charge in [0.15, 0.2) is 0 Å². The molecule has 162 valence electrons. The molecule has 0 amide bonds. The van der Waals surface area contributed by atoms with E-state index in [2.05, 4.69) is 4.74 Å². The highest BCUT2D eigenvalue weighted by molar-refractivity contribution is 7.85. The number of carbonyl (C=O) groups is 1. The summed E-state index contributed by atoms with van der Waals surface area (Å²) in [6.45, 7) is 1.27. The highest BCUT2D eigenvalue weighted by atomic mass is 32.2. The van der Waals surface area contributed by atoms with E-state index in [0.717, 1.165) is 19.3 Å². The maximum absolute atomic E-state index is 13.4. The molecule has 5 unspecified atom stereocenters. The number of carbonyl (C=O) groups excluding carboxylic acids is 1. The van der Waals surface area contributed by atoms with Gasteiger partial charge in [0.1, 0.15) is 5.75 Å². The zero-order chi connectivity index (χ0) is 21.3. The Labute approximate surface area is 157 Å². The molecular weight excluding hydrogens is 418 g/mol. The Kier molecular flexibility index (Phi) is 4.82. The van der Waals surface area contributed by atoms with Gasteiger partial charge in [-0.2, -0.15) is 34.8 Å². The number of hydrogen-bond acceptors (Lipinski definition) is 4. The molecule has 0 radical (unpaired) electrons. The van der Waals surface area contributed by atoms with Crippen LogP contribution in [0.4, 0.5) is 26.3 Å². The first-order valence-corrected chi connectivity index (χ1v) is 10.4. The zero-order valence-corrected chi connectivity index (χ0v) is 15.6. The van der Waals surface area contributed by atoms with Crippen molar-refractivity contribution in [2.45, 2.75) is 57.0 Å². The van der Waals surface area contributed by atoms with Gasteiger partial charge in [0.05, 0.1) is 5.41 Å². The summed E-state index contributed by atoms with van der Waals surface area (Å²) < 4.78 is 115. The molecule has 3 aliphatic carbocycles. The second-order valence-corrected chi connectivity index (χ2v) is 10.1. The number of rotatable bonds is 4. The molecule has 3 saturated carbocycles. The van der Waals surface area contributed by atoms with Crippen molar-refractivity contribution in [3.8, 4) is 0 Å². The van der Waals surface area contributed by atoms with Crippen molar-refractivity contribution in [2.24, 2.45) is 29.1 Å². The van der Waals surface area contributed by atoms with Gasteiger partial charge in [0.2, 0.25) is 0 Å². The second-order valence-electron chi connectivity index (χ2n) is 8.66. The maximum atomic E-state index is 13.4. The molecule has 2 bridgehead atoms. The molecular formula is C16H20F6O5S. The van der Waals surface area contributed by atoms with E-state index in [1.54, 1.807) is 0 Å². The number of fused-ring (bicyclic) bond motifs is 1. The summed E-state index contributed by atoms with van der Waals surface area (Å²) in [7, 11) is -5.78. The Hall–Kier alpha value is -1.04. The van der Waals surface area contributed by atoms with Gasteiger partial charge in [0.25, 0.3) is 10.1 Å². The molecule has 3 aliphatic rings. The van der Waals surface area contributed by atoms with Gasteiger partial charge in [-0.15, -0.1) is 0 Å². The predicted octanol–water partition coefficient (Wildman–Crippen LogP) is 3.74. The fourth-order valence-corrected chi connectivity index (χ4v) is 6.27. The van der Waals surface area contributed by atoms with Crippen molar-refractivity contribution in [1.29, 1.82) is 0 Å². The number of hydrogen-bond donors (Lipinski definition) is 1. The minimum absolute atomic E-state index is 0.00722. The van der Waals surface area contributed by atoms with Crippen LogP contribution >= 0.6 is 0 Å². The van der Waals surface area contributed by atoms with E-state index >= 15 is 0 Å². The van der Waals surface area contributed by atoms with Crippen molar-refractivity contribution in [1.82, 2.24) is 0 Å². The van der Waals surface area contributed by atoms with Crippen LogP contribution in [0.1, 0.15) is 39.0 Å². The van der Waals surface area contributed by atoms with Crippen LogP contribution in [0.2, 0.25) is 0 Å². The molecule has 0 heterocycles. The van der Waals surface area contributed by atoms with Crippen LogP contribution < -0.4 is 0 Å². The Morgan fingerprint density at radius 2 is 1.61 bits per heavy atom. The Morgan fingerprint density at radius 1 is 1.04 bits per heavy atom. The van der Waals surface area contributed by atoms with Gasteiger partial charge < -0.3 is 4.74 Å². The maximum Gasteiger partial charge on any atom is 0.438 e. The summed E-state index contributed by atoms with van der Waals surface area (Å²) in [6, 6.07) is 0. The van der Waals surface area contributed by atoms with E-state index in [9.17, 15) is 39.6 Å². The highest BCUT2D eigenvalue weighted by Gasteiger charge is 2.76. The zero-order valence-electron chi connectivity index (χ0n) is 14.8. The topological polar surface area (TPSA) is 80.7 Å². The number of halogens is 6. The lowest BCUT2D eigenvalue weighted by Crippen LogP contribution is -2.64. The van der Waals surface area contributed by atoms with Crippen LogP contribution in [0.15, 0.2) is 0 Å². The lowest BCUT2D eigenvalue weighted by Gasteiger charge is -2.46. The van der Waals surface area contributed by atoms with E-state index in [0.29, 0.717) is 11.8 Å². The van der Waals surface area contributed by atoms with E-state index in [-0.39, 0.29) is 24.7 Å². The van der Waals surface area contributed by atoms with Gasteiger partial charge in [-0.1, -0.05) is 0 Å². The van der Waals surface area contributed by atoms with E-state index in [4.69, 9.17) is 4.55 Å². The average Bonchev–Trinajstić information content (AvgIpc) is 2.69. The molecule has 0 aromatic carbocycles. The Morgan fingerprint density at radius 3 is 2.11 bits per heavy atom. The fraction of sp³-hybridized carbons (Fsp3) is 0.938. The van der Waals surface area contributed by atoms with E-state index in [1.165, 1.54) is 6.92 Å². The van der Waals surface area contributed by atoms with Gasteiger partial charge in [-0.25, -0.2) is 0 Å². The van der Waals surface area contributed by atoms with Crippen molar-refractivity contribution in [2.75, 3.05) is 5.75 Å². The molecule has 5 atom stereocenters. The Balaban J connectivity index is 1.94. The molecule has 5 nitrogen and oxygen atoms in total. The van der Waals surface area contributed by atoms with E-state index < -0.39 is 45.2 Å². The van der Waals surface area contributed by atoms with Crippen molar-refractivity contribution >= 4 is 16.1 Å². The third-order valence-corrected chi connectivity index (χ3v) is 7.34. The van der Waals surface area contributed by atoms with Crippen LogP contribution in [0.25, 0.3) is 0 Å². The first-order valence-electron chi connectivity index (χ1n) is 8.79. The van der Waals surface area contributed by atoms with Gasteiger partial charge >= 0.3 is 23.9 Å². The quantitative estimate of drug-likeness (QED) is 0.411. The molecule has 28 heavy (non-hydrogen) atoms. The van der Waals surface area contributed by atoms with E-state index in [1.807, 2.05) is 0 Å². The summed E-state index contributed by atoms with van der Waals surface area (Å²) in [5.74, 6) is -3.71. The van der Waals surface area contributed by atoms with Crippen LogP contribution in [-0.4, -0.2) is 42.6 Å². The molecule has 1 N–H and O–H groups in total. The number of alkyl halides is 6. The molecule has 0 aromatic heterocycles. The molecule has 3 fully saturated rings. The SMILES string of the molecule is CC1(C(=O)OC(CS(=O)(=O)O)(C(F)(F)F)C(F)(F)F)CC2CC3CC(C1)C3C2. The third-order valence-electron chi connectivity index (χ3n) is 6.57. The minimum Gasteiger partial charge on any atom is -0.438 e. The van der Waals surface area contributed by atoms with Gasteiger partial charge in [-0.05, 0) is 62.7 Å². The summed E-state index contributed by atoms with van der Waals surface area (Å²) in [6.07, 6.45) is -10.1. The standard InChI is InChI=1S/C16H20F6O5S/c1-13(5-8-2-9-4-10(6-13)11(9)3-8)12(23)27-14(15(17,18)19,16(20,21)22)7-28(24,25)26/h8-11H,2-7H2,1H3,(H,24,25,26).